The predicted molar refractivity (Wildman–Crippen MR) is 116 cm³/mol. The fraction of sp³-hybridized carbons (Fsp3) is 0.182. The van der Waals surface area contributed by atoms with E-state index in [1.807, 2.05) is 18.2 Å². The number of para-hydroxylation sites is 1. The maximum atomic E-state index is 12.4. The van der Waals surface area contributed by atoms with Gasteiger partial charge < -0.3 is 14.8 Å². The second kappa shape index (κ2) is 10.4. The van der Waals surface area contributed by atoms with Crippen LogP contribution in [0.2, 0.25) is 0 Å². The van der Waals surface area contributed by atoms with Gasteiger partial charge in [0.1, 0.15) is 12.3 Å². The smallest absolute Gasteiger partial charge is 0.326 e. The van der Waals surface area contributed by atoms with Crippen LogP contribution in [0.3, 0.4) is 0 Å². The first kappa shape index (κ1) is 22.1. The second-order valence-electron chi connectivity index (χ2n) is 6.34. The normalized spacial score (nSPS) is 14.6. The average molecular weight is 440 g/mol. The number of carbonyl (C=O) groups is 4. The van der Waals surface area contributed by atoms with E-state index in [4.69, 9.17) is 9.47 Å². The van der Waals surface area contributed by atoms with E-state index >= 15 is 0 Å². The minimum Gasteiger partial charge on any atom is -0.484 e. The summed E-state index contributed by atoms with van der Waals surface area (Å²) in [4.78, 5) is 49.0. The maximum absolute atomic E-state index is 12.4. The number of thioether (sulfide) groups is 1. The van der Waals surface area contributed by atoms with Crippen LogP contribution < -0.4 is 10.1 Å². The summed E-state index contributed by atoms with van der Waals surface area (Å²) in [5.74, 6) is -0.980. The first-order chi connectivity index (χ1) is 15.0. The van der Waals surface area contributed by atoms with E-state index in [1.54, 1.807) is 49.4 Å². The standard InChI is InChI=1S/C22H20N2O6S/c1-2-29-20(26)13-24-21(27)18(31-22(24)28)12-15-8-10-17(11-9-15)30-14-19(25)23-16-6-4-3-5-7-16/h3-12H,2,13-14H2,1H3,(H,23,25). The third-order valence-electron chi connectivity index (χ3n) is 4.07. The van der Waals surface area contributed by atoms with Crippen molar-refractivity contribution in [3.8, 4) is 5.75 Å². The molecule has 0 unspecified atom stereocenters. The topological polar surface area (TPSA) is 102 Å². The number of amides is 3. The van der Waals surface area contributed by atoms with Gasteiger partial charge in [-0.25, -0.2) is 0 Å². The lowest BCUT2D eigenvalue weighted by Crippen LogP contribution is -2.34. The number of ether oxygens (including phenoxy) is 2. The van der Waals surface area contributed by atoms with E-state index in [-0.39, 0.29) is 24.0 Å². The van der Waals surface area contributed by atoms with Gasteiger partial charge in [-0.1, -0.05) is 30.3 Å². The van der Waals surface area contributed by atoms with Gasteiger partial charge in [-0.3, -0.25) is 24.1 Å². The van der Waals surface area contributed by atoms with Crippen LogP contribution in [0.4, 0.5) is 10.5 Å². The first-order valence-corrected chi connectivity index (χ1v) is 10.3. The van der Waals surface area contributed by atoms with Gasteiger partial charge in [0.2, 0.25) is 0 Å². The van der Waals surface area contributed by atoms with Gasteiger partial charge in [0.05, 0.1) is 11.5 Å². The fourth-order valence-corrected chi connectivity index (χ4v) is 3.49. The van der Waals surface area contributed by atoms with Crippen LogP contribution >= 0.6 is 11.8 Å². The Morgan fingerprint density at radius 3 is 2.45 bits per heavy atom. The third kappa shape index (κ3) is 6.19. The number of benzene rings is 2. The molecule has 2 aromatic rings. The average Bonchev–Trinajstić information content (AvgIpc) is 3.01. The van der Waals surface area contributed by atoms with Crippen molar-refractivity contribution in [2.45, 2.75) is 6.92 Å². The number of rotatable bonds is 8. The highest BCUT2D eigenvalue weighted by Gasteiger charge is 2.36. The Morgan fingerprint density at radius 1 is 1.06 bits per heavy atom. The van der Waals surface area contributed by atoms with Crippen LogP contribution in [0.5, 0.6) is 5.75 Å². The van der Waals surface area contributed by atoms with Crippen molar-refractivity contribution < 1.29 is 28.7 Å². The lowest BCUT2D eigenvalue weighted by Gasteiger charge is -2.10. The number of carbonyl (C=O) groups excluding carboxylic acids is 4. The van der Waals surface area contributed by atoms with E-state index in [2.05, 4.69) is 5.32 Å². The van der Waals surface area contributed by atoms with Gasteiger partial charge in [-0.15, -0.1) is 0 Å². The molecule has 0 aliphatic carbocycles. The molecule has 0 bridgehead atoms. The van der Waals surface area contributed by atoms with Crippen molar-refractivity contribution in [3.63, 3.8) is 0 Å². The highest BCUT2D eigenvalue weighted by atomic mass is 32.2. The molecule has 3 rings (SSSR count). The molecule has 1 aliphatic rings. The number of nitrogens with zero attached hydrogens (tertiary/aromatic N) is 1. The molecule has 9 heteroatoms. The summed E-state index contributed by atoms with van der Waals surface area (Å²) in [5, 5.41) is 2.20. The molecule has 31 heavy (non-hydrogen) atoms. The Morgan fingerprint density at radius 2 is 1.77 bits per heavy atom. The zero-order valence-corrected chi connectivity index (χ0v) is 17.5. The lowest BCUT2D eigenvalue weighted by atomic mass is 10.2. The first-order valence-electron chi connectivity index (χ1n) is 9.45. The molecule has 0 aromatic heterocycles. The molecular formula is C22H20N2O6S. The summed E-state index contributed by atoms with van der Waals surface area (Å²) >= 11 is 0.763. The van der Waals surface area contributed by atoms with Crippen molar-refractivity contribution in [2.24, 2.45) is 0 Å². The molecule has 2 aromatic carbocycles. The molecule has 1 fully saturated rings. The zero-order valence-electron chi connectivity index (χ0n) is 16.7. The van der Waals surface area contributed by atoms with Gasteiger partial charge in [0, 0.05) is 5.69 Å². The number of hydrogen-bond acceptors (Lipinski definition) is 7. The number of imide groups is 1. The highest BCUT2D eigenvalue weighted by molar-refractivity contribution is 8.18. The Bertz CT molecular complexity index is 1000. The van der Waals surface area contributed by atoms with Crippen molar-refractivity contribution in [2.75, 3.05) is 25.1 Å². The molecule has 0 saturated carbocycles. The molecule has 0 spiro atoms. The van der Waals surface area contributed by atoms with Crippen LogP contribution in [0.25, 0.3) is 6.08 Å². The van der Waals surface area contributed by atoms with Gasteiger partial charge >= 0.3 is 5.97 Å². The maximum Gasteiger partial charge on any atom is 0.326 e. The van der Waals surface area contributed by atoms with E-state index in [9.17, 15) is 19.2 Å². The molecule has 1 aliphatic heterocycles. The Labute approximate surface area is 183 Å². The fourth-order valence-electron chi connectivity index (χ4n) is 2.65. The molecule has 0 atom stereocenters. The van der Waals surface area contributed by atoms with Gasteiger partial charge in [-0.05, 0) is 54.6 Å². The van der Waals surface area contributed by atoms with Crippen LogP contribution in [0, 0.1) is 0 Å². The molecule has 1 heterocycles. The summed E-state index contributed by atoms with van der Waals surface area (Å²) in [6.45, 7) is 1.26. The Balaban J connectivity index is 1.55. The third-order valence-corrected chi connectivity index (χ3v) is 4.98. The SMILES string of the molecule is CCOC(=O)CN1C(=O)SC(=Cc2ccc(OCC(=O)Nc3ccccc3)cc2)C1=O. The summed E-state index contributed by atoms with van der Waals surface area (Å²) < 4.78 is 10.3. The number of hydrogen-bond donors (Lipinski definition) is 1. The van der Waals surface area contributed by atoms with Crippen molar-refractivity contribution >= 4 is 46.5 Å². The molecule has 3 amide bonds. The van der Waals surface area contributed by atoms with Crippen molar-refractivity contribution in [3.05, 3.63) is 65.1 Å². The van der Waals surface area contributed by atoms with Crippen molar-refractivity contribution in [1.29, 1.82) is 0 Å². The van der Waals surface area contributed by atoms with Crippen LogP contribution in [-0.2, 0) is 19.1 Å². The van der Waals surface area contributed by atoms with E-state index in [0.29, 0.717) is 17.0 Å². The van der Waals surface area contributed by atoms with Gasteiger partial charge in [-0.2, -0.15) is 0 Å². The minimum absolute atomic E-state index is 0.152. The summed E-state index contributed by atoms with van der Waals surface area (Å²) in [5.41, 5.74) is 1.35. The minimum atomic E-state index is -0.635. The Hall–Kier alpha value is -3.59. The van der Waals surface area contributed by atoms with E-state index in [0.717, 1.165) is 16.7 Å². The largest absolute Gasteiger partial charge is 0.484 e. The number of nitrogens with one attached hydrogen (secondary N) is 1. The monoisotopic (exact) mass is 440 g/mol. The molecule has 0 radical (unpaired) electrons. The van der Waals surface area contributed by atoms with Crippen molar-refractivity contribution in [1.82, 2.24) is 4.90 Å². The Kier molecular flexibility index (Phi) is 7.45. The summed E-state index contributed by atoms with van der Waals surface area (Å²) in [6.07, 6.45) is 1.56. The number of esters is 1. The molecule has 8 nitrogen and oxygen atoms in total. The van der Waals surface area contributed by atoms with Gasteiger partial charge in [0.15, 0.2) is 6.61 Å². The van der Waals surface area contributed by atoms with E-state index < -0.39 is 23.7 Å². The van der Waals surface area contributed by atoms with Crippen LogP contribution in [-0.4, -0.2) is 47.7 Å². The molecule has 1 N–H and O–H groups in total. The quantitative estimate of drug-likeness (QED) is 0.496. The molecule has 160 valence electrons. The lowest BCUT2D eigenvalue weighted by molar-refractivity contribution is -0.146. The summed E-state index contributed by atoms with van der Waals surface area (Å²) in [6, 6.07) is 15.8. The van der Waals surface area contributed by atoms with Crippen LogP contribution in [0.1, 0.15) is 12.5 Å². The predicted octanol–water partition coefficient (Wildman–Crippen LogP) is 3.30. The summed E-state index contributed by atoms with van der Waals surface area (Å²) in [7, 11) is 0. The second-order valence-corrected chi connectivity index (χ2v) is 7.34. The van der Waals surface area contributed by atoms with Gasteiger partial charge in [0.25, 0.3) is 17.1 Å². The van der Waals surface area contributed by atoms with Crippen LogP contribution in [0.15, 0.2) is 59.5 Å². The highest BCUT2D eigenvalue weighted by Crippen LogP contribution is 2.32. The van der Waals surface area contributed by atoms with E-state index in [1.165, 1.54) is 0 Å². The molecule has 1 saturated heterocycles. The number of anilines is 1. The zero-order chi connectivity index (χ0) is 22.2. The molecular weight excluding hydrogens is 420 g/mol.